The molecule has 0 atom stereocenters. The van der Waals surface area contributed by atoms with Crippen LogP contribution in [0.5, 0.6) is 5.88 Å². The Balaban J connectivity index is 3.15. The Kier molecular flexibility index (Phi) is 2.07. The van der Waals surface area contributed by atoms with Gasteiger partial charge in [-0.05, 0) is 0 Å². The summed E-state index contributed by atoms with van der Waals surface area (Å²) in [6.07, 6.45) is 6.04. The van der Waals surface area contributed by atoms with E-state index >= 15 is 0 Å². The second-order valence-electron chi connectivity index (χ2n) is 1.85. The van der Waals surface area contributed by atoms with Gasteiger partial charge in [0.2, 0.25) is 5.88 Å². The number of rotatable bonds is 1. The van der Waals surface area contributed by atoms with Gasteiger partial charge >= 0.3 is 0 Å². The summed E-state index contributed by atoms with van der Waals surface area (Å²) in [6, 6.07) is 1.37. The number of pyridine rings is 1. The predicted octanol–water partition coefficient (Wildman–Crippen LogP) is 1.21. The zero-order chi connectivity index (χ0) is 8.27. The third-order valence-corrected chi connectivity index (χ3v) is 1.19. The minimum atomic E-state index is -0.506. The summed E-state index contributed by atoms with van der Waals surface area (Å²) in [7, 11) is 1.44. The van der Waals surface area contributed by atoms with Crippen molar-refractivity contribution in [1.82, 2.24) is 4.98 Å². The van der Waals surface area contributed by atoms with Crippen LogP contribution in [0.3, 0.4) is 0 Å². The van der Waals surface area contributed by atoms with Gasteiger partial charge in [-0.1, -0.05) is 5.92 Å². The molecule has 0 radical (unpaired) electrons. The van der Waals surface area contributed by atoms with Gasteiger partial charge in [0.05, 0.1) is 18.9 Å². The fourth-order valence-electron chi connectivity index (χ4n) is 0.642. The Bertz CT molecular complexity index is 303. The molecule has 0 aromatic carbocycles. The topological polar surface area (TPSA) is 22.1 Å². The lowest BCUT2D eigenvalue weighted by Gasteiger charge is -1.98. The van der Waals surface area contributed by atoms with E-state index in [2.05, 4.69) is 10.9 Å². The van der Waals surface area contributed by atoms with Crippen molar-refractivity contribution in [2.45, 2.75) is 0 Å². The second-order valence-corrected chi connectivity index (χ2v) is 1.85. The molecule has 3 heteroatoms. The molecular weight excluding hydrogens is 145 g/mol. The first kappa shape index (κ1) is 7.55. The highest BCUT2D eigenvalue weighted by atomic mass is 19.1. The van der Waals surface area contributed by atoms with E-state index in [1.54, 1.807) is 0 Å². The van der Waals surface area contributed by atoms with Crippen molar-refractivity contribution < 1.29 is 9.13 Å². The molecule has 1 aromatic rings. The molecule has 56 valence electrons. The molecule has 2 nitrogen and oxygen atoms in total. The summed E-state index contributed by atoms with van der Waals surface area (Å²) < 4.78 is 17.4. The number of nitrogens with zero attached hydrogens (tertiary/aromatic N) is 1. The number of methoxy groups -OCH3 is 1. The first-order chi connectivity index (χ1) is 5.27. The molecule has 0 aliphatic heterocycles. The largest absolute Gasteiger partial charge is 0.481 e. The SMILES string of the molecule is C#Cc1cc(OC)ncc1F. The summed E-state index contributed by atoms with van der Waals surface area (Å²) in [4.78, 5) is 3.61. The molecule has 1 heterocycles. The molecule has 1 aromatic heterocycles. The van der Waals surface area contributed by atoms with Gasteiger partial charge in [-0.15, -0.1) is 6.42 Å². The first-order valence-electron chi connectivity index (χ1n) is 2.94. The van der Waals surface area contributed by atoms with E-state index in [0.29, 0.717) is 5.88 Å². The fraction of sp³-hybridized carbons (Fsp3) is 0.125. The molecule has 0 unspecified atom stereocenters. The van der Waals surface area contributed by atoms with E-state index in [1.807, 2.05) is 0 Å². The van der Waals surface area contributed by atoms with Crippen molar-refractivity contribution in [3.05, 3.63) is 23.6 Å². The smallest absolute Gasteiger partial charge is 0.214 e. The van der Waals surface area contributed by atoms with E-state index in [-0.39, 0.29) is 5.56 Å². The zero-order valence-electron chi connectivity index (χ0n) is 5.97. The standard InChI is InChI=1S/C8H6FNO/c1-3-6-4-8(11-2)10-5-7(6)9/h1,4-5H,2H3. The van der Waals surface area contributed by atoms with E-state index in [4.69, 9.17) is 11.2 Å². The van der Waals surface area contributed by atoms with Gasteiger partial charge in [0.15, 0.2) is 5.82 Å². The Morgan fingerprint density at radius 3 is 3.00 bits per heavy atom. The van der Waals surface area contributed by atoms with Crippen molar-refractivity contribution in [2.75, 3.05) is 7.11 Å². The highest BCUT2D eigenvalue weighted by molar-refractivity contribution is 5.35. The minimum absolute atomic E-state index is 0.164. The molecule has 0 amide bonds. The Morgan fingerprint density at radius 2 is 2.45 bits per heavy atom. The van der Waals surface area contributed by atoms with Crippen LogP contribution in [0.1, 0.15) is 5.56 Å². The van der Waals surface area contributed by atoms with Crippen LogP contribution >= 0.6 is 0 Å². The zero-order valence-corrected chi connectivity index (χ0v) is 5.97. The molecule has 0 aliphatic rings. The van der Waals surface area contributed by atoms with Gasteiger partial charge in [0, 0.05) is 6.07 Å². The summed E-state index contributed by atoms with van der Waals surface area (Å²) in [5.41, 5.74) is 0.164. The molecule has 11 heavy (non-hydrogen) atoms. The lowest BCUT2D eigenvalue weighted by Crippen LogP contribution is -1.91. The van der Waals surface area contributed by atoms with Gasteiger partial charge in [0.1, 0.15) is 0 Å². The molecule has 1 rings (SSSR count). The van der Waals surface area contributed by atoms with E-state index in [9.17, 15) is 4.39 Å². The Morgan fingerprint density at radius 1 is 1.73 bits per heavy atom. The molecule has 0 saturated heterocycles. The van der Waals surface area contributed by atoms with Crippen molar-refractivity contribution in [3.63, 3.8) is 0 Å². The third-order valence-electron chi connectivity index (χ3n) is 1.19. The van der Waals surface area contributed by atoms with Crippen LogP contribution in [-0.4, -0.2) is 12.1 Å². The Hall–Kier alpha value is -1.56. The number of hydrogen-bond acceptors (Lipinski definition) is 2. The van der Waals surface area contributed by atoms with Crippen molar-refractivity contribution in [3.8, 4) is 18.2 Å². The van der Waals surface area contributed by atoms with Crippen molar-refractivity contribution in [1.29, 1.82) is 0 Å². The average molecular weight is 151 g/mol. The highest BCUT2D eigenvalue weighted by Gasteiger charge is 2.00. The van der Waals surface area contributed by atoms with Crippen LogP contribution in [0.15, 0.2) is 12.3 Å². The van der Waals surface area contributed by atoms with Crippen LogP contribution < -0.4 is 4.74 Å². The van der Waals surface area contributed by atoms with Gasteiger partial charge in [-0.25, -0.2) is 9.37 Å². The van der Waals surface area contributed by atoms with E-state index in [0.717, 1.165) is 6.20 Å². The molecule has 0 spiro atoms. The minimum Gasteiger partial charge on any atom is -0.481 e. The van der Waals surface area contributed by atoms with Crippen LogP contribution in [0.2, 0.25) is 0 Å². The van der Waals surface area contributed by atoms with Crippen LogP contribution in [-0.2, 0) is 0 Å². The maximum Gasteiger partial charge on any atom is 0.214 e. The molecule has 0 aliphatic carbocycles. The van der Waals surface area contributed by atoms with Crippen molar-refractivity contribution in [2.24, 2.45) is 0 Å². The predicted molar refractivity (Wildman–Crippen MR) is 38.7 cm³/mol. The van der Waals surface area contributed by atoms with E-state index in [1.165, 1.54) is 13.2 Å². The van der Waals surface area contributed by atoms with Gasteiger partial charge in [0.25, 0.3) is 0 Å². The molecule has 0 fully saturated rings. The number of ether oxygens (including phenoxy) is 1. The summed E-state index contributed by atoms with van der Waals surface area (Å²) in [5, 5.41) is 0. The van der Waals surface area contributed by atoms with Crippen LogP contribution in [0.25, 0.3) is 0 Å². The monoisotopic (exact) mass is 151 g/mol. The van der Waals surface area contributed by atoms with Gasteiger partial charge < -0.3 is 4.74 Å². The lowest BCUT2D eigenvalue weighted by molar-refractivity contribution is 0.395. The number of halogens is 1. The number of hydrogen-bond donors (Lipinski definition) is 0. The summed E-state index contributed by atoms with van der Waals surface area (Å²) in [6.45, 7) is 0. The van der Waals surface area contributed by atoms with Gasteiger partial charge in [-0.3, -0.25) is 0 Å². The highest BCUT2D eigenvalue weighted by Crippen LogP contribution is 2.10. The maximum absolute atomic E-state index is 12.6. The molecule has 0 N–H and O–H groups in total. The van der Waals surface area contributed by atoms with Crippen LogP contribution in [0.4, 0.5) is 4.39 Å². The lowest BCUT2D eigenvalue weighted by atomic mass is 10.3. The van der Waals surface area contributed by atoms with Crippen LogP contribution in [0, 0.1) is 18.2 Å². The second kappa shape index (κ2) is 3.02. The van der Waals surface area contributed by atoms with Gasteiger partial charge in [-0.2, -0.15) is 0 Å². The fourth-order valence-corrected chi connectivity index (χ4v) is 0.642. The van der Waals surface area contributed by atoms with Crippen molar-refractivity contribution >= 4 is 0 Å². The molecule has 0 saturated carbocycles. The average Bonchev–Trinajstić information content (AvgIpc) is 2.05. The quantitative estimate of drug-likeness (QED) is 0.563. The summed E-state index contributed by atoms with van der Waals surface area (Å²) >= 11 is 0. The van der Waals surface area contributed by atoms with E-state index < -0.39 is 5.82 Å². The molecular formula is C8H6FNO. The summed E-state index contributed by atoms with van der Waals surface area (Å²) in [5.74, 6) is 1.99. The first-order valence-corrected chi connectivity index (χ1v) is 2.94. The maximum atomic E-state index is 12.6. The number of aromatic nitrogens is 1. The Labute approximate surface area is 64.0 Å². The normalized spacial score (nSPS) is 8.82. The number of terminal acetylenes is 1. The third kappa shape index (κ3) is 1.47. The molecule has 0 bridgehead atoms.